The zero-order valence-electron chi connectivity index (χ0n) is 11.4. The molecule has 0 fully saturated rings. The Hall–Kier alpha value is -2.45. The summed E-state index contributed by atoms with van der Waals surface area (Å²) >= 11 is 1.46. The van der Waals surface area contributed by atoms with Crippen molar-refractivity contribution in [2.45, 2.75) is 11.3 Å². The van der Waals surface area contributed by atoms with E-state index in [4.69, 9.17) is 11.0 Å². The predicted molar refractivity (Wildman–Crippen MR) is 86.0 cm³/mol. The third-order valence-electron chi connectivity index (χ3n) is 2.77. The van der Waals surface area contributed by atoms with Crippen molar-refractivity contribution >= 4 is 29.0 Å². The van der Waals surface area contributed by atoms with E-state index in [1.54, 1.807) is 12.1 Å². The van der Waals surface area contributed by atoms with Gasteiger partial charge in [0.1, 0.15) is 0 Å². The molecule has 0 radical (unpaired) electrons. The second-order valence-electron chi connectivity index (χ2n) is 4.44. The first-order chi connectivity index (χ1) is 10.2. The molecule has 0 atom stereocenters. The summed E-state index contributed by atoms with van der Waals surface area (Å²) in [4.78, 5) is 12.9. The molecule has 0 unspecified atom stereocenters. The smallest absolute Gasteiger partial charge is 0.234 e. The number of rotatable bonds is 5. The number of thioether (sulfide) groups is 1. The van der Waals surface area contributed by atoms with Crippen LogP contribution in [0.3, 0.4) is 0 Å². The largest absolute Gasteiger partial charge is 0.399 e. The van der Waals surface area contributed by atoms with Crippen molar-refractivity contribution in [3.8, 4) is 6.07 Å². The minimum Gasteiger partial charge on any atom is -0.399 e. The summed E-state index contributed by atoms with van der Waals surface area (Å²) in [5.41, 5.74) is 7.99. The Balaban J connectivity index is 1.84. The number of nitriles is 1. The van der Waals surface area contributed by atoms with Gasteiger partial charge in [-0.1, -0.05) is 12.1 Å². The van der Waals surface area contributed by atoms with Crippen molar-refractivity contribution in [2.24, 2.45) is 0 Å². The van der Waals surface area contributed by atoms with E-state index < -0.39 is 0 Å². The molecule has 0 aliphatic heterocycles. The average Bonchev–Trinajstić information content (AvgIpc) is 2.49. The zero-order valence-corrected chi connectivity index (χ0v) is 12.2. The topological polar surface area (TPSA) is 78.9 Å². The van der Waals surface area contributed by atoms with Gasteiger partial charge < -0.3 is 11.1 Å². The number of hydrogen-bond donors (Lipinski definition) is 2. The van der Waals surface area contributed by atoms with Gasteiger partial charge in [0.2, 0.25) is 5.91 Å². The molecule has 0 aliphatic carbocycles. The molecule has 0 spiro atoms. The fourth-order valence-corrected chi connectivity index (χ4v) is 2.41. The summed E-state index contributed by atoms with van der Waals surface area (Å²) in [6.45, 7) is 0. The molecule has 2 aromatic rings. The second-order valence-corrected chi connectivity index (χ2v) is 5.49. The number of hydrogen-bond acceptors (Lipinski definition) is 4. The number of nitrogens with two attached hydrogens (primary N) is 1. The second kappa shape index (κ2) is 7.36. The summed E-state index contributed by atoms with van der Waals surface area (Å²) in [7, 11) is 0. The van der Waals surface area contributed by atoms with Crippen molar-refractivity contribution in [1.29, 1.82) is 5.26 Å². The molecule has 2 rings (SSSR count). The first kappa shape index (κ1) is 14.9. The van der Waals surface area contributed by atoms with Crippen LogP contribution >= 0.6 is 11.8 Å². The van der Waals surface area contributed by atoms with Gasteiger partial charge in [0, 0.05) is 16.3 Å². The SMILES string of the molecule is N#CCc1ccc(NC(=O)CSc2ccc(N)cc2)cc1. The number of carbonyl (C=O) groups excluding carboxylic acids is 1. The number of carbonyl (C=O) groups is 1. The lowest BCUT2D eigenvalue weighted by Gasteiger charge is -2.06. The molecule has 1 amide bonds. The number of nitrogens with zero attached hydrogens (tertiary/aromatic N) is 1. The number of amides is 1. The van der Waals surface area contributed by atoms with Crippen LogP contribution < -0.4 is 11.1 Å². The Morgan fingerprint density at radius 2 is 1.81 bits per heavy atom. The van der Waals surface area contributed by atoms with E-state index in [9.17, 15) is 4.79 Å². The van der Waals surface area contributed by atoms with Crippen LogP contribution in [0.1, 0.15) is 5.56 Å². The summed E-state index contributed by atoms with van der Waals surface area (Å²) in [6, 6.07) is 16.8. The summed E-state index contributed by atoms with van der Waals surface area (Å²) < 4.78 is 0. The highest BCUT2D eigenvalue weighted by Crippen LogP contribution is 2.19. The van der Waals surface area contributed by atoms with Gasteiger partial charge in [-0.15, -0.1) is 11.8 Å². The van der Waals surface area contributed by atoms with Crippen LogP contribution in [-0.2, 0) is 11.2 Å². The molecule has 0 aromatic heterocycles. The van der Waals surface area contributed by atoms with Gasteiger partial charge in [0.25, 0.3) is 0 Å². The van der Waals surface area contributed by atoms with Crippen LogP contribution in [0.5, 0.6) is 0 Å². The monoisotopic (exact) mass is 297 g/mol. The summed E-state index contributed by atoms with van der Waals surface area (Å²) in [5, 5.41) is 11.4. The minimum atomic E-state index is -0.0649. The highest BCUT2D eigenvalue weighted by atomic mass is 32.2. The van der Waals surface area contributed by atoms with E-state index in [1.807, 2.05) is 36.4 Å². The van der Waals surface area contributed by atoms with Crippen LogP contribution in [0, 0.1) is 11.3 Å². The van der Waals surface area contributed by atoms with Gasteiger partial charge in [-0.3, -0.25) is 4.79 Å². The Morgan fingerprint density at radius 3 is 2.43 bits per heavy atom. The molecule has 5 heteroatoms. The van der Waals surface area contributed by atoms with Crippen molar-refractivity contribution in [2.75, 3.05) is 16.8 Å². The van der Waals surface area contributed by atoms with E-state index in [1.165, 1.54) is 11.8 Å². The molecule has 0 saturated carbocycles. The molecule has 0 bridgehead atoms. The van der Waals surface area contributed by atoms with Gasteiger partial charge in [0.15, 0.2) is 0 Å². The van der Waals surface area contributed by atoms with E-state index in [0.717, 1.165) is 16.1 Å². The quantitative estimate of drug-likeness (QED) is 0.656. The lowest BCUT2D eigenvalue weighted by Crippen LogP contribution is -2.13. The molecular weight excluding hydrogens is 282 g/mol. The number of anilines is 2. The lowest BCUT2D eigenvalue weighted by atomic mass is 10.1. The third-order valence-corrected chi connectivity index (χ3v) is 3.78. The molecule has 0 heterocycles. The fraction of sp³-hybridized carbons (Fsp3) is 0.125. The van der Waals surface area contributed by atoms with Crippen LogP contribution in [0.15, 0.2) is 53.4 Å². The maximum absolute atomic E-state index is 11.9. The third kappa shape index (κ3) is 4.86. The lowest BCUT2D eigenvalue weighted by molar-refractivity contribution is -0.113. The van der Waals surface area contributed by atoms with Crippen molar-refractivity contribution in [1.82, 2.24) is 0 Å². The number of nitrogen functional groups attached to an aromatic ring is 1. The Bertz CT molecular complexity index is 645. The van der Waals surface area contributed by atoms with Gasteiger partial charge in [-0.05, 0) is 42.0 Å². The van der Waals surface area contributed by atoms with Gasteiger partial charge in [0.05, 0.1) is 18.2 Å². The normalized spacial score (nSPS) is 9.86. The molecule has 4 nitrogen and oxygen atoms in total. The first-order valence-electron chi connectivity index (χ1n) is 6.41. The van der Waals surface area contributed by atoms with Crippen LogP contribution in [0.4, 0.5) is 11.4 Å². The number of nitrogens with one attached hydrogen (secondary N) is 1. The van der Waals surface area contributed by atoms with E-state index in [-0.39, 0.29) is 5.91 Å². The average molecular weight is 297 g/mol. The van der Waals surface area contributed by atoms with E-state index >= 15 is 0 Å². The molecule has 0 saturated heterocycles. The van der Waals surface area contributed by atoms with Crippen LogP contribution in [-0.4, -0.2) is 11.7 Å². The maximum atomic E-state index is 11.9. The van der Waals surface area contributed by atoms with E-state index in [2.05, 4.69) is 11.4 Å². The molecule has 0 aliphatic rings. The fourth-order valence-electron chi connectivity index (χ4n) is 1.71. The Kier molecular flexibility index (Phi) is 5.24. The van der Waals surface area contributed by atoms with Crippen molar-refractivity contribution in [3.05, 3.63) is 54.1 Å². The molecule has 21 heavy (non-hydrogen) atoms. The van der Waals surface area contributed by atoms with Crippen LogP contribution in [0.25, 0.3) is 0 Å². The summed E-state index contributed by atoms with van der Waals surface area (Å²) in [6.07, 6.45) is 0.376. The molecule has 2 aromatic carbocycles. The minimum absolute atomic E-state index is 0.0649. The highest BCUT2D eigenvalue weighted by Gasteiger charge is 2.04. The summed E-state index contributed by atoms with van der Waals surface area (Å²) in [5.74, 6) is 0.272. The van der Waals surface area contributed by atoms with Crippen molar-refractivity contribution < 1.29 is 4.79 Å². The Morgan fingerprint density at radius 1 is 1.14 bits per heavy atom. The van der Waals surface area contributed by atoms with Crippen molar-refractivity contribution in [3.63, 3.8) is 0 Å². The van der Waals surface area contributed by atoms with Gasteiger partial charge in [-0.25, -0.2) is 0 Å². The van der Waals surface area contributed by atoms with Gasteiger partial charge >= 0.3 is 0 Å². The van der Waals surface area contributed by atoms with Gasteiger partial charge in [-0.2, -0.15) is 5.26 Å². The van der Waals surface area contributed by atoms with E-state index in [0.29, 0.717) is 17.9 Å². The number of benzene rings is 2. The molecule has 3 N–H and O–H groups in total. The Labute approximate surface area is 128 Å². The molecule has 106 valence electrons. The predicted octanol–water partition coefficient (Wildman–Crippen LogP) is 3.07. The standard InChI is InChI=1S/C16H15N3OS/c17-10-9-12-1-5-14(6-2-12)19-16(20)11-21-15-7-3-13(18)4-8-15/h1-8H,9,11,18H2,(H,19,20). The highest BCUT2D eigenvalue weighted by molar-refractivity contribution is 8.00. The zero-order chi connectivity index (χ0) is 15.1. The molecular formula is C16H15N3OS. The first-order valence-corrected chi connectivity index (χ1v) is 7.40. The maximum Gasteiger partial charge on any atom is 0.234 e. The van der Waals surface area contributed by atoms with Crippen LogP contribution in [0.2, 0.25) is 0 Å².